The topological polar surface area (TPSA) is 0 Å². The van der Waals surface area contributed by atoms with Crippen LogP contribution in [-0.2, 0) is 94.8 Å². The average molecular weight is 397 g/mol. The Hall–Kier alpha value is 2.99. The molecule has 0 aromatic heterocycles. The van der Waals surface area contributed by atoms with Crippen molar-refractivity contribution in [2.24, 2.45) is 0 Å². The van der Waals surface area contributed by atoms with E-state index in [2.05, 4.69) is 0 Å². The molecule has 0 N–H and O–H groups in total. The van der Waals surface area contributed by atoms with Crippen LogP contribution >= 0.6 is 0 Å². The summed E-state index contributed by atoms with van der Waals surface area (Å²) in [5.74, 6) is 0. The van der Waals surface area contributed by atoms with E-state index in [1.165, 1.54) is 0 Å². The summed E-state index contributed by atoms with van der Waals surface area (Å²) in [5.41, 5.74) is 0. The predicted molar refractivity (Wildman–Crippen MR) is 0 cm³/mol. The first-order valence-corrected chi connectivity index (χ1v) is 0. The molecule has 5 heavy (non-hydrogen) atoms. The molecule has 0 aliphatic rings. The fourth-order valence-corrected chi connectivity index (χ4v) is 0. The molecule has 0 aromatic carbocycles. The summed E-state index contributed by atoms with van der Waals surface area (Å²) in [7, 11) is 0. The van der Waals surface area contributed by atoms with Gasteiger partial charge >= 0.3 is 0 Å². The molecule has 3 radical (unpaired) electrons. The van der Waals surface area contributed by atoms with Crippen molar-refractivity contribution in [2.75, 3.05) is 0 Å². The van der Waals surface area contributed by atoms with E-state index in [0.717, 1.165) is 0 Å². The molecular weight excluding hydrogens is 397 g/mol. The monoisotopic (exact) mass is 393 g/mol. The van der Waals surface area contributed by atoms with Gasteiger partial charge in [0.1, 0.15) is 0 Å². The normalized spacial score (nSPS) is 0. The van der Waals surface area contributed by atoms with E-state index in [1.807, 2.05) is 0 Å². The molecule has 53 valence electrons. The van der Waals surface area contributed by atoms with Crippen molar-refractivity contribution >= 4 is 0 Å². The quantitative estimate of drug-likeness (QED) is 0.505. The molecule has 0 atom stereocenters. The third kappa shape index (κ3) is 19.5. The molecule has 0 aromatic rings. The first kappa shape index (κ1) is 43.7. The Morgan fingerprint density at radius 2 is 0.600 bits per heavy atom. The Bertz CT molecular complexity index is 7.61. The van der Waals surface area contributed by atoms with Crippen molar-refractivity contribution in [3.63, 3.8) is 0 Å². The van der Waals surface area contributed by atoms with Crippen molar-refractivity contribution < 1.29 is 94.8 Å². The Kier molecular flexibility index (Phi) is 245. The molecule has 0 saturated heterocycles. The minimum absolute atomic E-state index is 0. The van der Waals surface area contributed by atoms with E-state index in [1.54, 1.807) is 0 Å². The Balaban J connectivity index is 0. The second-order valence-corrected chi connectivity index (χ2v) is 0. The van der Waals surface area contributed by atoms with Gasteiger partial charge in [0.15, 0.2) is 0 Å². The molecular formula is Ag2CuNi2. The third-order valence-electron chi connectivity index (χ3n) is 0. The van der Waals surface area contributed by atoms with E-state index in [-0.39, 0.29) is 94.8 Å². The van der Waals surface area contributed by atoms with Gasteiger partial charge in [-0.05, 0) is 0 Å². The molecule has 0 saturated carbocycles. The fraction of sp³-hybridized carbons (Fsp3) is 0. The summed E-state index contributed by atoms with van der Waals surface area (Å²) in [6.45, 7) is 0. The number of hydrogen-bond donors (Lipinski definition) is 0. The maximum absolute atomic E-state index is 0. The van der Waals surface area contributed by atoms with Crippen molar-refractivity contribution in [3.8, 4) is 0 Å². The maximum Gasteiger partial charge on any atom is 0 e. The van der Waals surface area contributed by atoms with E-state index in [4.69, 9.17) is 0 Å². The molecule has 5 heteroatoms. The summed E-state index contributed by atoms with van der Waals surface area (Å²) >= 11 is 0. The Morgan fingerprint density at radius 1 is 0.600 bits per heavy atom. The van der Waals surface area contributed by atoms with Crippen molar-refractivity contribution in [1.82, 2.24) is 0 Å². The Morgan fingerprint density at radius 3 is 0.600 bits per heavy atom. The summed E-state index contributed by atoms with van der Waals surface area (Å²) in [6.07, 6.45) is 0. The summed E-state index contributed by atoms with van der Waals surface area (Å²) in [5, 5.41) is 0. The molecule has 0 unspecified atom stereocenters. The zero-order chi connectivity index (χ0) is 0. The maximum atomic E-state index is 0. The zero-order valence-corrected chi connectivity index (χ0v) is 7.42. The minimum Gasteiger partial charge on any atom is 0 e. The van der Waals surface area contributed by atoms with Gasteiger partial charge in [-0.25, -0.2) is 0 Å². The van der Waals surface area contributed by atoms with Crippen LogP contribution in [0.25, 0.3) is 0 Å². The van der Waals surface area contributed by atoms with Gasteiger partial charge in [0, 0.05) is 94.8 Å². The summed E-state index contributed by atoms with van der Waals surface area (Å²) in [4.78, 5) is 0. The number of rotatable bonds is 0. The van der Waals surface area contributed by atoms with Crippen molar-refractivity contribution in [2.45, 2.75) is 0 Å². The van der Waals surface area contributed by atoms with Gasteiger partial charge in [-0.3, -0.25) is 0 Å². The van der Waals surface area contributed by atoms with Crippen LogP contribution in [0.5, 0.6) is 0 Å². The van der Waals surface area contributed by atoms with E-state index in [0.29, 0.717) is 0 Å². The smallest absolute Gasteiger partial charge is 0 e. The largest absolute Gasteiger partial charge is 0 e. The van der Waals surface area contributed by atoms with Crippen LogP contribution in [0.15, 0.2) is 0 Å². The van der Waals surface area contributed by atoms with E-state index in [9.17, 15) is 0 Å². The van der Waals surface area contributed by atoms with Gasteiger partial charge in [-0.2, -0.15) is 0 Å². The predicted octanol–water partition coefficient (Wildman–Crippen LogP) is -0.0125. The van der Waals surface area contributed by atoms with E-state index >= 15 is 0 Å². The van der Waals surface area contributed by atoms with Crippen LogP contribution in [0.3, 0.4) is 0 Å². The minimum atomic E-state index is 0. The molecule has 0 rings (SSSR count). The number of hydrogen-bond acceptors (Lipinski definition) is 0. The summed E-state index contributed by atoms with van der Waals surface area (Å²) in [6, 6.07) is 0. The van der Waals surface area contributed by atoms with Crippen LogP contribution < -0.4 is 0 Å². The van der Waals surface area contributed by atoms with Crippen LogP contribution in [0.1, 0.15) is 0 Å². The average Bonchev–Trinajstić information content (AvgIpc) is 0. The van der Waals surface area contributed by atoms with Gasteiger partial charge in [0.25, 0.3) is 0 Å². The van der Waals surface area contributed by atoms with Crippen LogP contribution in [0.4, 0.5) is 0 Å². The molecule has 0 amide bonds. The molecule has 0 aliphatic carbocycles. The fourth-order valence-electron chi connectivity index (χ4n) is 0. The second-order valence-electron chi connectivity index (χ2n) is 0. The third-order valence-corrected chi connectivity index (χ3v) is 0. The zero-order valence-electron chi connectivity index (χ0n) is 1.54. The van der Waals surface area contributed by atoms with Gasteiger partial charge < -0.3 is 0 Å². The van der Waals surface area contributed by atoms with Crippen molar-refractivity contribution in [1.29, 1.82) is 0 Å². The first-order valence-electron chi connectivity index (χ1n) is 0. The van der Waals surface area contributed by atoms with Gasteiger partial charge in [-0.1, -0.05) is 0 Å². The summed E-state index contributed by atoms with van der Waals surface area (Å²) < 4.78 is 0. The molecule has 0 bridgehead atoms. The molecule has 0 fully saturated rings. The van der Waals surface area contributed by atoms with E-state index < -0.39 is 0 Å². The van der Waals surface area contributed by atoms with Crippen LogP contribution in [0.2, 0.25) is 0 Å². The molecule has 0 spiro atoms. The first-order chi connectivity index (χ1) is 0. The molecule has 0 aliphatic heterocycles. The Labute approximate surface area is 93.3 Å². The molecule has 0 nitrogen and oxygen atoms in total. The SMILES string of the molecule is [Ag].[Ag].[Cu].[Ni].[Ni]. The standard InChI is InChI=1S/2Ag.Cu.2Ni. The van der Waals surface area contributed by atoms with Crippen molar-refractivity contribution in [3.05, 3.63) is 0 Å². The molecule has 0 heterocycles. The van der Waals surface area contributed by atoms with Gasteiger partial charge in [-0.15, -0.1) is 0 Å². The van der Waals surface area contributed by atoms with Crippen LogP contribution in [-0.4, -0.2) is 0 Å². The van der Waals surface area contributed by atoms with Gasteiger partial charge in [0.05, 0.1) is 0 Å². The van der Waals surface area contributed by atoms with Crippen LogP contribution in [0, 0.1) is 0 Å². The van der Waals surface area contributed by atoms with Gasteiger partial charge in [0.2, 0.25) is 0 Å². The second kappa shape index (κ2) is 28.1.